The van der Waals surface area contributed by atoms with E-state index in [0.717, 1.165) is 37.3 Å². The van der Waals surface area contributed by atoms with E-state index in [4.69, 9.17) is 16.6 Å². The van der Waals surface area contributed by atoms with Crippen molar-refractivity contribution in [3.05, 3.63) is 58.6 Å². The first kappa shape index (κ1) is 23.4. The Kier molecular flexibility index (Phi) is 7.81. The first-order chi connectivity index (χ1) is 14.8. The maximum absolute atomic E-state index is 10.5. The van der Waals surface area contributed by atoms with Crippen LogP contribution in [0.15, 0.2) is 47.5 Å². The molecule has 1 fully saturated rings. The largest absolute Gasteiger partial charge is 0.506 e. The fraction of sp³-hybridized carbons (Fsp3) is 0.458. The topological polar surface area (TPSA) is 71.3 Å². The molecule has 3 rings (SSSR count). The molecule has 0 unspecified atom stereocenters. The number of hydrogen-bond acceptors (Lipinski definition) is 4. The molecule has 6 nitrogen and oxygen atoms in total. The van der Waals surface area contributed by atoms with Crippen LogP contribution in [0.25, 0.3) is 0 Å². The van der Waals surface area contributed by atoms with E-state index in [-0.39, 0.29) is 17.8 Å². The van der Waals surface area contributed by atoms with Crippen molar-refractivity contribution in [3.63, 3.8) is 0 Å². The van der Waals surface area contributed by atoms with Gasteiger partial charge in [-0.2, -0.15) is 0 Å². The number of phenols is 1. The summed E-state index contributed by atoms with van der Waals surface area (Å²) < 4.78 is 0. The van der Waals surface area contributed by atoms with Gasteiger partial charge < -0.3 is 20.4 Å². The van der Waals surface area contributed by atoms with Gasteiger partial charge >= 0.3 is 0 Å². The summed E-state index contributed by atoms with van der Waals surface area (Å²) in [6.45, 7) is 11.0. The number of guanidine groups is 1. The molecular weight excluding hydrogens is 412 g/mol. The molecular formula is C24H33ClN4O2. The molecule has 2 aromatic rings. The SMILES string of the molecule is CC(C)(C)c1ccc(O)c(NC(=NCc2ccccc2Cl)N2CCN(CCO)CC2)c1. The third-order valence-electron chi connectivity index (χ3n) is 5.55. The van der Waals surface area contributed by atoms with Crippen LogP contribution in [0.5, 0.6) is 5.75 Å². The molecule has 168 valence electrons. The molecule has 1 heterocycles. The van der Waals surface area contributed by atoms with Gasteiger partial charge in [0.1, 0.15) is 5.75 Å². The van der Waals surface area contributed by atoms with Crippen molar-refractivity contribution in [1.82, 2.24) is 9.80 Å². The molecule has 1 aliphatic rings. The summed E-state index contributed by atoms with van der Waals surface area (Å²) >= 11 is 6.33. The molecule has 0 bridgehead atoms. The second-order valence-corrected chi connectivity index (χ2v) is 9.30. The highest BCUT2D eigenvalue weighted by atomic mass is 35.5. The van der Waals surface area contributed by atoms with Crippen molar-refractivity contribution in [2.24, 2.45) is 4.99 Å². The number of nitrogens with zero attached hydrogens (tertiary/aromatic N) is 3. The van der Waals surface area contributed by atoms with Gasteiger partial charge in [0.05, 0.1) is 18.8 Å². The van der Waals surface area contributed by atoms with E-state index in [0.29, 0.717) is 29.8 Å². The molecule has 3 N–H and O–H groups in total. The molecule has 0 radical (unpaired) electrons. The maximum atomic E-state index is 10.5. The van der Waals surface area contributed by atoms with Crippen LogP contribution in [0, 0.1) is 0 Å². The Hall–Kier alpha value is -2.28. The van der Waals surface area contributed by atoms with Crippen LogP contribution < -0.4 is 5.32 Å². The standard InChI is InChI=1S/C24H33ClN4O2/c1-24(2,3)19-8-9-22(31)21(16-19)27-23(26-17-18-6-4-5-7-20(18)25)29-12-10-28(11-13-29)14-15-30/h4-9,16,30-31H,10-15,17H2,1-3H3,(H,26,27). The van der Waals surface area contributed by atoms with Crippen molar-refractivity contribution in [1.29, 1.82) is 0 Å². The number of nitrogens with one attached hydrogen (secondary N) is 1. The van der Waals surface area contributed by atoms with E-state index < -0.39 is 0 Å². The van der Waals surface area contributed by atoms with E-state index in [1.807, 2.05) is 36.4 Å². The number of piperazine rings is 1. The Balaban J connectivity index is 1.86. The van der Waals surface area contributed by atoms with Crippen LogP contribution in [0.2, 0.25) is 5.02 Å². The zero-order valence-corrected chi connectivity index (χ0v) is 19.4. The molecule has 0 spiro atoms. The van der Waals surface area contributed by atoms with E-state index in [2.05, 4.69) is 35.9 Å². The zero-order chi connectivity index (χ0) is 22.4. The number of halogens is 1. The first-order valence-corrected chi connectivity index (χ1v) is 11.1. The minimum Gasteiger partial charge on any atom is -0.506 e. The minimum absolute atomic E-state index is 0.0328. The van der Waals surface area contributed by atoms with Crippen LogP contribution in [0.3, 0.4) is 0 Å². The molecule has 7 heteroatoms. The van der Waals surface area contributed by atoms with Gasteiger partial charge in [-0.3, -0.25) is 4.90 Å². The predicted octanol–water partition coefficient (Wildman–Crippen LogP) is 3.92. The summed E-state index contributed by atoms with van der Waals surface area (Å²) in [6, 6.07) is 13.4. The van der Waals surface area contributed by atoms with E-state index in [1.54, 1.807) is 6.07 Å². The summed E-state index contributed by atoms with van der Waals surface area (Å²) in [5, 5.41) is 23.8. The molecule has 2 aromatic carbocycles. The molecule has 0 amide bonds. The number of aliphatic hydroxyl groups excluding tert-OH is 1. The quantitative estimate of drug-likeness (QED) is 0.370. The van der Waals surface area contributed by atoms with E-state index >= 15 is 0 Å². The van der Waals surface area contributed by atoms with E-state index in [1.165, 1.54) is 0 Å². The normalized spacial score (nSPS) is 15.9. The highest BCUT2D eigenvalue weighted by molar-refractivity contribution is 6.31. The number of rotatable bonds is 5. The van der Waals surface area contributed by atoms with Gasteiger partial charge in [0.25, 0.3) is 0 Å². The highest BCUT2D eigenvalue weighted by Crippen LogP contribution is 2.31. The molecule has 0 saturated carbocycles. The zero-order valence-electron chi connectivity index (χ0n) is 18.6. The smallest absolute Gasteiger partial charge is 0.198 e. The average Bonchev–Trinajstić information content (AvgIpc) is 2.73. The fourth-order valence-electron chi connectivity index (χ4n) is 3.55. The number of hydrogen-bond donors (Lipinski definition) is 3. The number of benzene rings is 2. The number of aliphatic hydroxyl groups is 1. The van der Waals surface area contributed by atoms with Crippen LogP contribution in [-0.4, -0.2) is 65.3 Å². The lowest BCUT2D eigenvalue weighted by atomic mass is 9.87. The Morgan fingerprint density at radius 3 is 2.45 bits per heavy atom. The lowest BCUT2D eigenvalue weighted by Crippen LogP contribution is -2.51. The van der Waals surface area contributed by atoms with Gasteiger partial charge in [-0.05, 0) is 34.7 Å². The third-order valence-corrected chi connectivity index (χ3v) is 5.92. The van der Waals surface area contributed by atoms with Crippen molar-refractivity contribution in [2.45, 2.75) is 32.7 Å². The van der Waals surface area contributed by atoms with Crippen LogP contribution >= 0.6 is 11.6 Å². The highest BCUT2D eigenvalue weighted by Gasteiger charge is 2.21. The maximum Gasteiger partial charge on any atom is 0.198 e. The van der Waals surface area contributed by atoms with Gasteiger partial charge in [0, 0.05) is 37.7 Å². The average molecular weight is 445 g/mol. The Morgan fingerprint density at radius 2 is 1.81 bits per heavy atom. The number of β-amino-alcohol motifs (C(OH)–C–C–N with tert-alkyl or cyclic N) is 1. The lowest BCUT2D eigenvalue weighted by molar-refractivity contribution is 0.147. The van der Waals surface area contributed by atoms with Gasteiger partial charge in [-0.1, -0.05) is 56.6 Å². The van der Waals surface area contributed by atoms with Crippen molar-refractivity contribution in [2.75, 3.05) is 44.6 Å². The third kappa shape index (κ3) is 6.35. The van der Waals surface area contributed by atoms with Gasteiger partial charge in [0.2, 0.25) is 0 Å². The number of phenolic OH excluding ortho intramolecular Hbond substituents is 1. The summed E-state index contributed by atoms with van der Waals surface area (Å²) in [6.07, 6.45) is 0. The fourth-order valence-corrected chi connectivity index (χ4v) is 3.75. The van der Waals surface area contributed by atoms with Crippen LogP contribution in [0.1, 0.15) is 31.9 Å². The van der Waals surface area contributed by atoms with Crippen LogP contribution in [-0.2, 0) is 12.0 Å². The van der Waals surface area contributed by atoms with Crippen LogP contribution in [0.4, 0.5) is 5.69 Å². The van der Waals surface area contributed by atoms with Gasteiger partial charge in [0.15, 0.2) is 5.96 Å². The predicted molar refractivity (Wildman–Crippen MR) is 128 cm³/mol. The summed E-state index contributed by atoms with van der Waals surface area (Å²) in [7, 11) is 0. The number of anilines is 1. The monoisotopic (exact) mass is 444 g/mol. The Morgan fingerprint density at radius 1 is 1.10 bits per heavy atom. The summed E-state index contributed by atoms with van der Waals surface area (Å²) in [5.41, 5.74) is 2.69. The molecule has 1 aliphatic heterocycles. The van der Waals surface area contributed by atoms with Crippen molar-refractivity contribution >= 4 is 23.2 Å². The van der Waals surface area contributed by atoms with Gasteiger partial charge in [-0.25, -0.2) is 4.99 Å². The first-order valence-electron chi connectivity index (χ1n) is 10.7. The molecule has 0 aromatic heterocycles. The van der Waals surface area contributed by atoms with Gasteiger partial charge in [-0.15, -0.1) is 0 Å². The summed E-state index contributed by atoms with van der Waals surface area (Å²) in [5.74, 6) is 0.905. The Labute approximate surface area is 190 Å². The molecule has 31 heavy (non-hydrogen) atoms. The molecule has 0 atom stereocenters. The Bertz CT molecular complexity index is 903. The minimum atomic E-state index is -0.0328. The second kappa shape index (κ2) is 10.4. The number of aliphatic imine (C=N–C) groups is 1. The second-order valence-electron chi connectivity index (χ2n) is 8.89. The molecule has 0 aliphatic carbocycles. The molecule has 1 saturated heterocycles. The lowest BCUT2D eigenvalue weighted by Gasteiger charge is -2.36. The summed E-state index contributed by atoms with van der Waals surface area (Å²) in [4.78, 5) is 9.27. The number of aromatic hydroxyl groups is 1. The van der Waals surface area contributed by atoms with E-state index in [9.17, 15) is 10.2 Å². The van der Waals surface area contributed by atoms with Crippen molar-refractivity contribution < 1.29 is 10.2 Å². The van der Waals surface area contributed by atoms with Crippen molar-refractivity contribution in [3.8, 4) is 5.75 Å².